The van der Waals surface area contributed by atoms with Crippen molar-refractivity contribution in [1.82, 2.24) is 0 Å². The minimum Gasteiger partial charge on any atom is -0.481 e. The first-order valence-electron chi connectivity index (χ1n) is 5.99. The number of carbonyl (C=O) groups excluding carboxylic acids is 1. The molecule has 1 unspecified atom stereocenters. The summed E-state index contributed by atoms with van der Waals surface area (Å²) in [5.41, 5.74) is 2.55. The van der Waals surface area contributed by atoms with Crippen LogP contribution in [0.25, 0.3) is 0 Å². The second-order valence-electron chi connectivity index (χ2n) is 4.61. The molecule has 0 radical (unpaired) electrons. The van der Waals surface area contributed by atoms with E-state index in [4.69, 9.17) is 5.11 Å². The molecule has 1 aromatic rings. The summed E-state index contributed by atoms with van der Waals surface area (Å²) in [4.78, 5) is 22.5. The van der Waals surface area contributed by atoms with E-state index in [2.05, 4.69) is 6.92 Å². The molecule has 0 bridgehead atoms. The number of aliphatic carboxylic acids is 1. The van der Waals surface area contributed by atoms with Crippen molar-refractivity contribution in [2.75, 3.05) is 0 Å². The van der Waals surface area contributed by atoms with Crippen molar-refractivity contribution < 1.29 is 14.7 Å². The van der Waals surface area contributed by atoms with Crippen molar-refractivity contribution in [1.29, 1.82) is 0 Å². The number of carbonyl (C=O) groups is 2. The maximum Gasteiger partial charge on any atom is 0.307 e. The van der Waals surface area contributed by atoms with E-state index in [1.54, 1.807) is 6.07 Å². The van der Waals surface area contributed by atoms with E-state index < -0.39 is 5.97 Å². The van der Waals surface area contributed by atoms with Crippen molar-refractivity contribution in [2.24, 2.45) is 0 Å². The first-order valence-corrected chi connectivity index (χ1v) is 5.99. The van der Waals surface area contributed by atoms with E-state index in [9.17, 15) is 9.59 Å². The van der Waals surface area contributed by atoms with Gasteiger partial charge in [-0.3, -0.25) is 9.59 Å². The Morgan fingerprint density at radius 1 is 1.47 bits per heavy atom. The van der Waals surface area contributed by atoms with Gasteiger partial charge in [-0.25, -0.2) is 0 Å². The molecule has 0 aromatic heterocycles. The van der Waals surface area contributed by atoms with Gasteiger partial charge in [0.25, 0.3) is 0 Å². The lowest BCUT2D eigenvalue weighted by atomic mass is 9.95. The smallest absolute Gasteiger partial charge is 0.307 e. The fourth-order valence-corrected chi connectivity index (χ4v) is 2.54. The highest BCUT2D eigenvalue weighted by atomic mass is 16.4. The number of rotatable bonds is 4. The Labute approximate surface area is 100 Å². The van der Waals surface area contributed by atoms with Crippen molar-refractivity contribution in [3.63, 3.8) is 0 Å². The van der Waals surface area contributed by atoms with E-state index >= 15 is 0 Å². The van der Waals surface area contributed by atoms with E-state index in [0.29, 0.717) is 17.9 Å². The number of fused-ring (bicyclic) bond motifs is 1. The molecule has 0 heterocycles. The van der Waals surface area contributed by atoms with Crippen molar-refractivity contribution in [3.05, 3.63) is 34.9 Å². The van der Waals surface area contributed by atoms with Crippen LogP contribution in [0.3, 0.4) is 0 Å². The number of benzene rings is 1. The Balaban J connectivity index is 2.30. The van der Waals surface area contributed by atoms with E-state index in [1.807, 2.05) is 12.1 Å². The average molecular weight is 232 g/mol. The van der Waals surface area contributed by atoms with Crippen LogP contribution in [0.4, 0.5) is 0 Å². The van der Waals surface area contributed by atoms with Gasteiger partial charge >= 0.3 is 5.97 Å². The van der Waals surface area contributed by atoms with Gasteiger partial charge in [-0.15, -0.1) is 0 Å². The summed E-state index contributed by atoms with van der Waals surface area (Å²) in [7, 11) is 0. The second kappa shape index (κ2) is 4.70. The van der Waals surface area contributed by atoms with Gasteiger partial charge in [-0.1, -0.05) is 25.5 Å². The van der Waals surface area contributed by atoms with Crippen molar-refractivity contribution >= 4 is 11.8 Å². The molecule has 0 spiro atoms. The molecule has 0 amide bonds. The number of hydrogen-bond donors (Lipinski definition) is 1. The number of carboxylic acids is 1. The summed E-state index contributed by atoms with van der Waals surface area (Å²) in [6, 6.07) is 5.51. The van der Waals surface area contributed by atoms with Gasteiger partial charge in [0.05, 0.1) is 6.42 Å². The fraction of sp³-hybridized carbons (Fsp3) is 0.429. The van der Waals surface area contributed by atoms with Crippen LogP contribution >= 0.6 is 0 Å². The Hall–Kier alpha value is -1.64. The highest BCUT2D eigenvalue weighted by Crippen LogP contribution is 2.36. The highest BCUT2D eigenvalue weighted by molar-refractivity contribution is 6.01. The van der Waals surface area contributed by atoms with Gasteiger partial charge in [-0.05, 0) is 29.5 Å². The van der Waals surface area contributed by atoms with Crippen LogP contribution in [0.5, 0.6) is 0 Å². The summed E-state index contributed by atoms with van der Waals surface area (Å²) in [5, 5.41) is 8.73. The lowest BCUT2D eigenvalue weighted by Gasteiger charge is -2.09. The maximum atomic E-state index is 11.8. The lowest BCUT2D eigenvalue weighted by Crippen LogP contribution is -2.01. The molecular weight excluding hydrogens is 216 g/mol. The zero-order valence-electron chi connectivity index (χ0n) is 9.90. The van der Waals surface area contributed by atoms with Crippen LogP contribution < -0.4 is 0 Å². The zero-order valence-corrected chi connectivity index (χ0v) is 9.90. The summed E-state index contributed by atoms with van der Waals surface area (Å²) < 4.78 is 0. The molecule has 1 atom stereocenters. The third-order valence-corrected chi connectivity index (χ3v) is 3.28. The van der Waals surface area contributed by atoms with Crippen molar-refractivity contribution in [2.45, 2.75) is 38.5 Å². The predicted molar refractivity (Wildman–Crippen MR) is 64.4 cm³/mol. The van der Waals surface area contributed by atoms with Crippen LogP contribution in [0, 0.1) is 0 Å². The van der Waals surface area contributed by atoms with E-state index in [0.717, 1.165) is 24.0 Å². The van der Waals surface area contributed by atoms with Gasteiger partial charge < -0.3 is 5.11 Å². The molecule has 0 saturated carbocycles. The molecule has 1 N–H and O–H groups in total. The Bertz CT molecular complexity index is 463. The Morgan fingerprint density at radius 3 is 2.88 bits per heavy atom. The molecule has 17 heavy (non-hydrogen) atoms. The number of carboxylic acid groups (broad SMARTS) is 1. The van der Waals surface area contributed by atoms with Crippen LogP contribution in [0.1, 0.15) is 53.6 Å². The monoisotopic (exact) mass is 232 g/mol. The summed E-state index contributed by atoms with van der Waals surface area (Å²) in [5.74, 6) is -0.368. The van der Waals surface area contributed by atoms with Crippen LogP contribution in [-0.2, 0) is 11.2 Å². The molecule has 0 fully saturated rings. The third kappa shape index (κ3) is 2.38. The molecule has 1 aromatic carbocycles. The molecule has 2 rings (SSSR count). The molecule has 3 nitrogen and oxygen atoms in total. The highest BCUT2D eigenvalue weighted by Gasteiger charge is 2.28. The first kappa shape index (κ1) is 11.8. The van der Waals surface area contributed by atoms with Gasteiger partial charge in [-0.2, -0.15) is 0 Å². The third-order valence-electron chi connectivity index (χ3n) is 3.28. The topological polar surface area (TPSA) is 54.4 Å². The van der Waals surface area contributed by atoms with Crippen LogP contribution in [0.2, 0.25) is 0 Å². The lowest BCUT2D eigenvalue weighted by molar-refractivity contribution is -0.136. The molecule has 90 valence electrons. The fourth-order valence-electron chi connectivity index (χ4n) is 2.54. The number of Topliss-reactive ketones (excluding diaryl/α,β-unsaturated/α-hetero) is 1. The molecular formula is C14H16O3. The SMILES string of the molecule is CCCC1CC(=O)c2cc(CC(=O)O)ccc21. The first-order chi connectivity index (χ1) is 8.11. The molecule has 3 heteroatoms. The normalized spacial score (nSPS) is 18.2. The average Bonchev–Trinajstić information content (AvgIpc) is 2.56. The molecule has 0 aliphatic heterocycles. The minimum atomic E-state index is -0.861. The largest absolute Gasteiger partial charge is 0.481 e. The standard InChI is InChI=1S/C14H16O3/c1-2-3-10-8-13(15)12-6-9(7-14(16)17)4-5-11(10)12/h4-6,10H,2-3,7-8H2,1H3,(H,16,17). The summed E-state index contributed by atoms with van der Waals surface area (Å²) >= 11 is 0. The molecule has 0 saturated heterocycles. The molecule has 1 aliphatic rings. The van der Waals surface area contributed by atoms with E-state index in [-0.39, 0.29) is 12.2 Å². The predicted octanol–water partition coefficient (Wildman–Crippen LogP) is 2.78. The second-order valence-corrected chi connectivity index (χ2v) is 4.61. The van der Waals surface area contributed by atoms with Crippen LogP contribution in [0.15, 0.2) is 18.2 Å². The van der Waals surface area contributed by atoms with Gasteiger partial charge in [0.2, 0.25) is 0 Å². The Morgan fingerprint density at radius 2 is 2.24 bits per heavy atom. The Kier molecular flexibility index (Phi) is 3.27. The maximum absolute atomic E-state index is 11.8. The number of hydrogen-bond acceptors (Lipinski definition) is 2. The van der Waals surface area contributed by atoms with Gasteiger partial charge in [0.15, 0.2) is 5.78 Å². The summed E-state index contributed by atoms with van der Waals surface area (Å²) in [6.45, 7) is 2.11. The van der Waals surface area contributed by atoms with Crippen molar-refractivity contribution in [3.8, 4) is 0 Å². The zero-order chi connectivity index (χ0) is 12.4. The quantitative estimate of drug-likeness (QED) is 0.868. The number of ketones is 1. The van der Waals surface area contributed by atoms with E-state index in [1.165, 1.54) is 0 Å². The van der Waals surface area contributed by atoms with Gasteiger partial charge in [0.1, 0.15) is 0 Å². The van der Waals surface area contributed by atoms with Gasteiger partial charge in [0, 0.05) is 12.0 Å². The van der Waals surface area contributed by atoms with Crippen LogP contribution in [-0.4, -0.2) is 16.9 Å². The minimum absolute atomic E-state index is 0.0149. The summed E-state index contributed by atoms with van der Waals surface area (Å²) in [6.07, 6.45) is 2.66. The molecule has 1 aliphatic carbocycles.